The molecule has 0 heterocycles. The Labute approximate surface area is 187 Å². The summed E-state index contributed by atoms with van der Waals surface area (Å²) in [6, 6.07) is 13.1. The van der Waals surface area contributed by atoms with Crippen LogP contribution in [-0.2, 0) is 21.9 Å². The van der Waals surface area contributed by atoms with Crippen molar-refractivity contribution in [2.24, 2.45) is 9.98 Å². The molecule has 0 aliphatic heterocycles. The molecule has 2 rings (SSSR count). The van der Waals surface area contributed by atoms with E-state index in [1.165, 1.54) is 24.6 Å². The number of aliphatic imine (C=N–C) groups is 2. The fraction of sp³-hybridized carbons (Fsp3) is 0.318. The van der Waals surface area contributed by atoms with Gasteiger partial charge in [0.2, 0.25) is 0 Å². The van der Waals surface area contributed by atoms with Gasteiger partial charge in [-0.1, -0.05) is 61.9 Å². The molecular weight excluding hydrogens is 427 g/mol. The first-order valence-electron chi connectivity index (χ1n) is 9.33. The van der Waals surface area contributed by atoms with Crippen molar-refractivity contribution >= 4 is 18.4 Å². The number of para-hydroxylation sites is 2. The van der Waals surface area contributed by atoms with Crippen molar-refractivity contribution in [2.75, 3.05) is 13.1 Å². The van der Waals surface area contributed by atoms with E-state index in [4.69, 9.17) is 0 Å². The first-order valence-corrected chi connectivity index (χ1v) is 9.33. The van der Waals surface area contributed by atoms with E-state index in [1.807, 2.05) is 6.92 Å². The monoisotopic (exact) mass is 452 g/mol. The van der Waals surface area contributed by atoms with Gasteiger partial charge in [-0.3, -0.25) is 9.98 Å². The predicted molar refractivity (Wildman–Crippen MR) is 107 cm³/mol. The van der Waals surface area contributed by atoms with Crippen LogP contribution in [0, 0.1) is 0 Å². The number of aliphatic carboxylic acids is 1. The minimum absolute atomic E-state index is 0. The van der Waals surface area contributed by atoms with Gasteiger partial charge >= 0.3 is 17.1 Å². The third-order valence-corrected chi connectivity index (χ3v) is 3.67. The van der Waals surface area contributed by atoms with E-state index in [0.29, 0.717) is 11.1 Å². The molecule has 0 saturated carbocycles. The van der Waals surface area contributed by atoms with Gasteiger partial charge in [0.05, 0.1) is 19.2 Å². The smallest absolute Gasteiger partial charge is 0.872 e. The minimum Gasteiger partial charge on any atom is -0.872 e. The van der Waals surface area contributed by atoms with E-state index >= 15 is 0 Å². The van der Waals surface area contributed by atoms with Crippen LogP contribution in [0.25, 0.3) is 0 Å². The maximum atomic E-state index is 11.4. The number of aliphatic hydroxyl groups is 1. The molecule has 0 aliphatic rings. The number of benzene rings is 2. The molecule has 0 aromatic heterocycles. The molecule has 0 radical (unpaired) electrons. The van der Waals surface area contributed by atoms with Crippen molar-refractivity contribution in [1.29, 1.82) is 0 Å². The summed E-state index contributed by atoms with van der Waals surface area (Å²) >= 11 is 0. The Bertz CT molecular complexity index is 754. The molecule has 0 atom stereocenters. The molecule has 0 spiro atoms. The van der Waals surface area contributed by atoms with E-state index in [9.17, 15) is 25.2 Å². The van der Waals surface area contributed by atoms with Crippen molar-refractivity contribution in [2.45, 2.75) is 32.3 Å². The average molecular weight is 452 g/mol. The molecule has 1 N–H and O–H groups in total. The Morgan fingerprint density at radius 3 is 1.73 bits per heavy atom. The Balaban J connectivity index is 0.000000909. The second-order valence-electron chi connectivity index (χ2n) is 6.19. The Morgan fingerprint density at radius 1 is 0.967 bits per heavy atom. The number of aliphatic hydroxyl groups excluding tert-OH is 1. The number of unbranched alkanes of at least 4 members (excludes halogenated alkanes) is 1. The predicted octanol–water partition coefficient (Wildman–Crippen LogP) is 0.657. The summed E-state index contributed by atoms with van der Waals surface area (Å²) in [5.41, 5.74) is 0.969. The summed E-state index contributed by atoms with van der Waals surface area (Å²) in [6.45, 7) is 2.23. The molecule has 0 aliphatic carbocycles. The largest absolute Gasteiger partial charge is 3.00 e. The van der Waals surface area contributed by atoms with Gasteiger partial charge in [-0.05, 0) is 24.0 Å². The molecule has 160 valence electrons. The third kappa shape index (κ3) is 12.0. The van der Waals surface area contributed by atoms with E-state index in [1.54, 1.807) is 36.4 Å². The first kappa shape index (κ1) is 27.3. The topological polar surface area (TPSA) is 131 Å². The van der Waals surface area contributed by atoms with Gasteiger partial charge < -0.3 is 25.2 Å². The SMILES string of the molecule is CCCCC(=O)[O-].[Mn+3].[O-]c1ccccc1C=NCC(O)CN=Cc1ccccc1[O-]. The number of carboxylic acids is 1. The average Bonchev–Trinajstić information content (AvgIpc) is 2.70. The van der Waals surface area contributed by atoms with Crippen molar-refractivity contribution in [3.63, 3.8) is 0 Å². The zero-order valence-corrected chi connectivity index (χ0v) is 17.9. The molecule has 0 amide bonds. The Hall–Kier alpha value is -2.67. The summed E-state index contributed by atoms with van der Waals surface area (Å²) in [7, 11) is 0. The van der Waals surface area contributed by atoms with Crippen LogP contribution in [0.2, 0.25) is 0 Å². The Morgan fingerprint density at radius 2 is 1.40 bits per heavy atom. The summed E-state index contributed by atoms with van der Waals surface area (Å²) in [6.07, 6.45) is 4.00. The maximum absolute atomic E-state index is 11.4. The zero-order valence-electron chi connectivity index (χ0n) is 16.7. The van der Waals surface area contributed by atoms with Gasteiger partial charge in [0, 0.05) is 18.4 Å². The molecule has 0 fully saturated rings. The summed E-state index contributed by atoms with van der Waals surface area (Å²) in [5, 5.41) is 42.3. The molecular formula is C22H25MnN2O5. The van der Waals surface area contributed by atoms with Crippen LogP contribution in [0.4, 0.5) is 0 Å². The van der Waals surface area contributed by atoms with E-state index < -0.39 is 12.1 Å². The van der Waals surface area contributed by atoms with E-state index in [2.05, 4.69) is 9.98 Å². The van der Waals surface area contributed by atoms with Crippen LogP contribution in [0.15, 0.2) is 58.5 Å². The number of carboxylic acid groups (broad SMARTS) is 1. The third-order valence-electron chi connectivity index (χ3n) is 3.67. The summed E-state index contributed by atoms with van der Waals surface area (Å²) in [5.74, 6) is -1.15. The Kier molecular flexibility index (Phi) is 14.7. The molecule has 0 bridgehead atoms. The van der Waals surface area contributed by atoms with Crippen LogP contribution in [0.3, 0.4) is 0 Å². The van der Waals surface area contributed by atoms with Gasteiger partial charge in [-0.25, -0.2) is 0 Å². The number of rotatable bonds is 9. The standard InChI is InChI=1S/C17H18N2O3.C5H10O2.Mn/c20-15(11-18-9-13-5-1-3-7-16(13)21)12-19-10-14-6-2-4-8-17(14)22;1-2-3-4-5(6)7;/h1-10,15,20-22H,11-12H2;2-4H2,1H3,(H,6,7);/q;;+3/p-3. The first-order chi connectivity index (χ1) is 13.9. The van der Waals surface area contributed by atoms with Gasteiger partial charge in [0.25, 0.3) is 0 Å². The fourth-order valence-corrected chi connectivity index (χ4v) is 2.10. The van der Waals surface area contributed by atoms with Crippen molar-refractivity contribution < 1.29 is 42.3 Å². The minimum atomic E-state index is -0.943. The number of carbonyl (C=O) groups excluding carboxylic acids is 1. The van der Waals surface area contributed by atoms with Gasteiger partial charge in [-0.2, -0.15) is 0 Å². The van der Waals surface area contributed by atoms with Crippen LogP contribution in [-0.4, -0.2) is 42.7 Å². The fourth-order valence-electron chi connectivity index (χ4n) is 2.10. The van der Waals surface area contributed by atoms with E-state index in [-0.39, 0.29) is 48.1 Å². The molecule has 30 heavy (non-hydrogen) atoms. The maximum Gasteiger partial charge on any atom is 3.00 e. The van der Waals surface area contributed by atoms with Crippen molar-refractivity contribution in [3.05, 3.63) is 59.7 Å². The van der Waals surface area contributed by atoms with Crippen molar-refractivity contribution in [1.82, 2.24) is 0 Å². The second kappa shape index (κ2) is 16.2. The van der Waals surface area contributed by atoms with Crippen LogP contribution in [0.1, 0.15) is 37.3 Å². The molecule has 2 aromatic rings. The van der Waals surface area contributed by atoms with Crippen LogP contribution in [0.5, 0.6) is 11.5 Å². The normalized spacial score (nSPS) is 11.5. The summed E-state index contributed by atoms with van der Waals surface area (Å²) in [4.78, 5) is 17.7. The van der Waals surface area contributed by atoms with Gasteiger partial charge in [-0.15, -0.1) is 11.5 Å². The number of hydrogen-bond donors (Lipinski definition) is 1. The molecule has 2 aromatic carbocycles. The molecule has 0 saturated heterocycles. The second-order valence-corrected chi connectivity index (χ2v) is 6.19. The zero-order chi connectivity index (χ0) is 21.5. The summed E-state index contributed by atoms with van der Waals surface area (Å²) < 4.78 is 0. The van der Waals surface area contributed by atoms with Crippen LogP contribution >= 0.6 is 0 Å². The molecule has 7 nitrogen and oxygen atoms in total. The van der Waals surface area contributed by atoms with Crippen LogP contribution < -0.4 is 15.3 Å². The molecule has 0 unspecified atom stereocenters. The quantitative estimate of drug-likeness (QED) is 0.441. The van der Waals surface area contributed by atoms with Gasteiger partial charge in [0.1, 0.15) is 0 Å². The van der Waals surface area contributed by atoms with Gasteiger partial charge in [0.15, 0.2) is 0 Å². The molecule has 8 heteroatoms. The number of nitrogens with zero attached hydrogens (tertiary/aromatic N) is 2. The van der Waals surface area contributed by atoms with E-state index in [0.717, 1.165) is 12.8 Å². The number of hydrogen-bond acceptors (Lipinski definition) is 7. The number of carbonyl (C=O) groups is 1. The van der Waals surface area contributed by atoms with Crippen molar-refractivity contribution in [3.8, 4) is 11.5 Å².